The molecule has 0 radical (unpaired) electrons. The maximum Gasteiger partial charge on any atom is 0.421 e. The maximum atomic E-state index is 13.5. The van der Waals surface area contributed by atoms with Gasteiger partial charge in [-0.05, 0) is 80.6 Å². The van der Waals surface area contributed by atoms with Crippen LogP contribution in [-0.2, 0) is 16.6 Å². The van der Waals surface area contributed by atoms with Crippen LogP contribution in [0, 0.1) is 0 Å². The van der Waals surface area contributed by atoms with Gasteiger partial charge in [-0.15, -0.1) is 11.3 Å². The lowest BCUT2D eigenvalue weighted by Crippen LogP contribution is -2.39. The Kier molecular flexibility index (Phi) is 8.02. The third-order valence-corrected chi connectivity index (χ3v) is 9.41. The fourth-order valence-corrected chi connectivity index (χ4v) is 6.38. The molecule has 0 fully saturated rings. The van der Waals surface area contributed by atoms with Crippen molar-refractivity contribution in [3.8, 4) is 11.3 Å². The standard InChI is InChI=1S/C27H25Cl2F3N2O2S2/c1-25(2,3)38(36)34-23(18-7-5-6-8-20(18)29)22-12-15-11-17(28)14-19(24(15)37-22)21-13-16(9-10-33-21)26(4,35)27(30,31)32/h5-14,23,34-35H,1-4H3/t23?,26-,38?/m0/s1. The molecule has 2 N–H and O–H groups in total. The molecule has 202 valence electrons. The van der Waals surface area contributed by atoms with Gasteiger partial charge in [0.2, 0.25) is 0 Å². The van der Waals surface area contributed by atoms with Crippen molar-refractivity contribution in [1.29, 1.82) is 0 Å². The van der Waals surface area contributed by atoms with E-state index >= 15 is 0 Å². The van der Waals surface area contributed by atoms with Gasteiger partial charge in [0.15, 0.2) is 5.60 Å². The SMILES string of the molecule is CC(C)(C)S(=O)NC(c1cc2cc(Cl)cc(-c3cc([C@](C)(O)C(F)(F)F)ccn3)c2s1)c1ccccc1Cl. The molecule has 4 rings (SSSR count). The van der Waals surface area contributed by atoms with Gasteiger partial charge in [-0.1, -0.05) is 41.4 Å². The predicted octanol–water partition coefficient (Wildman–Crippen LogP) is 8.18. The third-order valence-electron chi connectivity index (χ3n) is 6.03. The molecular weight excluding hydrogens is 576 g/mol. The van der Waals surface area contributed by atoms with Crippen LogP contribution in [0.4, 0.5) is 13.2 Å². The van der Waals surface area contributed by atoms with E-state index in [0.717, 1.165) is 26.6 Å². The monoisotopic (exact) mass is 600 g/mol. The lowest BCUT2D eigenvalue weighted by atomic mass is 9.94. The Hall–Kier alpha value is -2.01. The summed E-state index contributed by atoms with van der Waals surface area (Å²) in [7, 11) is -1.44. The molecule has 0 amide bonds. The van der Waals surface area contributed by atoms with Gasteiger partial charge in [-0.2, -0.15) is 13.2 Å². The normalized spacial score (nSPS) is 15.8. The quantitative estimate of drug-likeness (QED) is 0.234. The summed E-state index contributed by atoms with van der Waals surface area (Å²) in [6, 6.07) is 14.3. The van der Waals surface area contributed by atoms with E-state index in [0.29, 0.717) is 22.5 Å². The minimum Gasteiger partial charge on any atom is -0.376 e. The zero-order valence-electron chi connectivity index (χ0n) is 20.9. The number of hydrogen-bond donors (Lipinski definition) is 2. The number of thiophene rings is 1. The number of nitrogens with one attached hydrogen (secondary N) is 1. The van der Waals surface area contributed by atoms with Gasteiger partial charge in [-0.3, -0.25) is 4.98 Å². The minimum absolute atomic E-state index is 0.230. The van der Waals surface area contributed by atoms with E-state index in [1.165, 1.54) is 23.6 Å². The molecule has 0 aliphatic heterocycles. The smallest absolute Gasteiger partial charge is 0.376 e. The van der Waals surface area contributed by atoms with Crippen molar-refractivity contribution >= 4 is 55.6 Å². The van der Waals surface area contributed by atoms with Crippen molar-refractivity contribution in [3.63, 3.8) is 0 Å². The lowest BCUT2D eigenvalue weighted by Gasteiger charge is -2.26. The number of aromatic nitrogens is 1. The van der Waals surface area contributed by atoms with Gasteiger partial charge in [0.1, 0.15) is 0 Å². The zero-order valence-corrected chi connectivity index (χ0v) is 24.0. The molecule has 2 aromatic heterocycles. The molecule has 2 unspecified atom stereocenters. The third kappa shape index (κ3) is 5.78. The van der Waals surface area contributed by atoms with Crippen molar-refractivity contribution in [2.24, 2.45) is 0 Å². The van der Waals surface area contributed by atoms with Crippen LogP contribution in [0.15, 0.2) is 60.8 Å². The summed E-state index contributed by atoms with van der Waals surface area (Å²) < 4.78 is 57.0. The van der Waals surface area contributed by atoms with E-state index in [1.54, 1.807) is 24.3 Å². The van der Waals surface area contributed by atoms with Crippen LogP contribution in [0.3, 0.4) is 0 Å². The second kappa shape index (κ2) is 10.5. The molecule has 2 heterocycles. The number of rotatable bonds is 6. The number of fused-ring (bicyclic) bond motifs is 1. The van der Waals surface area contributed by atoms with E-state index in [1.807, 2.05) is 39.0 Å². The van der Waals surface area contributed by atoms with Crippen LogP contribution in [0.25, 0.3) is 21.3 Å². The van der Waals surface area contributed by atoms with Gasteiger partial charge in [0, 0.05) is 31.4 Å². The summed E-state index contributed by atoms with van der Waals surface area (Å²) in [4.78, 5) is 5.07. The van der Waals surface area contributed by atoms with Crippen LogP contribution in [0.5, 0.6) is 0 Å². The Labute approximate surface area is 235 Å². The van der Waals surface area contributed by atoms with Crippen LogP contribution >= 0.6 is 34.5 Å². The van der Waals surface area contributed by atoms with Crippen molar-refractivity contribution in [2.75, 3.05) is 0 Å². The fraction of sp³-hybridized carbons (Fsp3) is 0.296. The van der Waals surface area contributed by atoms with Gasteiger partial charge in [-0.25, -0.2) is 8.93 Å². The summed E-state index contributed by atoms with van der Waals surface area (Å²) in [6.45, 7) is 6.28. The molecule has 38 heavy (non-hydrogen) atoms. The Morgan fingerprint density at radius 1 is 1.03 bits per heavy atom. The molecule has 4 nitrogen and oxygen atoms in total. The van der Waals surface area contributed by atoms with E-state index in [9.17, 15) is 22.5 Å². The molecule has 4 aromatic rings. The average molecular weight is 602 g/mol. The highest BCUT2D eigenvalue weighted by atomic mass is 35.5. The summed E-state index contributed by atoms with van der Waals surface area (Å²) in [5, 5.41) is 11.8. The number of nitrogens with zero attached hydrogens (tertiary/aromatic N) is 1. The minimum atomic E-state index is -4.87. The van der Waals surface area contributed by atoms with Crippen LogP contribution in [0.1, 0.15) is 49.7 Å². The number of alkyl halides is 3. The second-order valence-corrected chi connectivity index (χ2v) is 13.9. The van der Waals surface area contributed by atoms with E-state index < -0.39 is 33.6 Å². The molecule has 0 spiro atoms. The van der Waals surface area contributed by atoms with Crippen molar-refractivity contribution in [2.45, 2.75) is 50.3 Å². The van der Waals surface area contributed by atoms with Crippen molar-refractivity contribution in [3.05, 3.63) is 86.8 Å². The first-order valence-corrected chi connectivity index (χ1v) is 14.2. The zero-order chi connectivity index (χ0) is 28.0. The average Bonchev–Trinajstić information content (AvgIpc) is 3.24. The number of hydrogen-bond acceptors (Lipinski definition) is 4. The molecule has 3 atom stereocenters. The first-order chi connectivity index (χ1) is 17.6. The van der Waals surface area contributed by atoms with Crippen LogP contribution < -0.4 is 4.72 Å². The Bertz CT molecular complexity index is 1510. The number of benzene rings is 2. The number of pyridine rings is 1. The van der Waals surface area contributed by atoms with E-state index in [2.05, 4.69) is 9.71 Å². The summed E-state index contributed by atoms with van der Waals surface area (Å²) in [6.07, 6.45) is -3.64. The van der Waals surface area contributed by atoms with E-state index in [4.69, 9.17) is 23.2 Å². The largest absolute Gasteiger partial charge is 0.421 e. The van der Waals surface area contributed by atoms with Gasteiger partial charge in [0.25, 0.3) is 0 Å². The Morgan fingerprint density at radius 3 is 2.34 bits per heavy atom. The van der Waals surface area contributed by atoms with Crippen molar-refractivity contribution in [1.82, 2.24) is 9.71 Å². The van der Waals surface area contributed by atoms with Crippen LogP contribution in [0.2, 0.25) is 10.0 Å². The Balaban J connectivity index is 1.88. The highest BCUT2D eigenvalue weighted by Gasteiger charge is 2.51. The highest BCUT2D eigenvalue weighted by Crippen LogP contribution is 2.43. The predicted molar refractivity (Wildman–Crippen MR) is 150 cm³/mol. The summed E-state index contributed by atoms with van der Waals surface area (Å²) >= 11 is 14.3. The molecular formula is C27H25Cl2F3N2O2S2. The number of aliphatic hydroxyl groups is 1. The molecule has 0 bridgehead atoms. The maximum absolute atomic E-state index is 13.5. The second-order valence-electron chi connectivity index (χ2n) is 9.97. The molecule has 0 aliphatic rings. The fourth-order valence-electron chi connectivity index (χ4n) is 3.78. The van der Waals surface area contributed by atoms with Gasteiger partial charge in [0.05, 0.1) is 27.5 Å². The summed E-state index contributed by atoms with van der Waals surface area (Å²) in [5.74, 6) is 0. The first-order valence-electron chi connectivity index (χ1n) is 11.5. The van der Waals surface area contributed by atoms with Crippen molar-refractivity contribution < 1.29 is 22.5 Å². The highest BCUT2D eigenvalue weighted by molar-refractivity contribution is 7.84. The topological polar surface area (TPSA) is 62.2 Å². The molecule has 2 aromatic carbocycles. The van der Waals surface area contributed by atoms with Gasteiger partial charge < -0.3 is 5.11 Å². The molecule has 11 heteroatoms. The summed E-state index contributed by atoms with van der Waals surface area (Å²) in [5.41, 5.74) is -1.92. The lowest BCUT2D eigenvalue weighted by molar-refractivity contribution is -0.258. The molecule has 0 aliphatic carbocycles. The van der Waals surface area contributed by atoms with E-state index in [-0.39, 0.29) is 11.3 Å². The van der Waals surface area contributed by atoms with Gasteiger partial charge >= 0.3 is 6.18 Å². The Morgan fingerprint density at radius 2 is 1.71 bits per heavy atom. The molecule has 0 saturated heterocycles. The first kappa shape index (κ1) is 29.0. The van der Waals surface area contributed by atoms with Crippen LogP contribution in [-0.4, -0.2) is 25.2 Å². The molecule has 0 saturated carbocycles. The number of halogens is 5.